The van der Waals surface area contributed by atoms with Gasteiger partial charge < -0.3 is 0 Å². The van der Waals surface area contributed by atoms with Crippen molar-refractivity contribution in [3.63, 3.8) is 0 Å². The Balaban J connectivity index is 1.65. The fourth-order valence-corrected chi connectivity index (χ4v) is 5.20. The highest BCUT2D eigenvalue weighted by molar-refractivity contribution is 5.78. The van der Waals surface area contributed by atoms with E-state index < -0.39 is 0 Å². The molecule has 0 spiro atoms. The Hall–Kier alpha value is -2.10. The Morgan fingerprint density at radius 1 is 1.21 bits per heavy atom. The molecule has 2 aromatic rings. The molecule has 1 aromatic heterocycles. The second kappa shape index (κ2) is 4.50. The number of benzene rings is 1. The lowest BCUT2D eigenvalue weighted by atomic mass is 9.66. The van der Waals surface area contributed by atoms with Crippen LogP contribution in [0.3, 0.4) is 0 Å². The van der Waals surface area contributed by atoms with E-state index in [0.717, 1.165) is 18.5 Å². The van der Waals surface area contributed by atoms with Crippen molar-refractivity contribution >= 4 is 6.21 Å². The third-order valence-corrected chi connectivity index (χ3v) is 6.68. The molecular weight excluding hydrogens is 301 g/mol. The van der Waals surface area contributed by atoms with Crippen molar-refractivity contribution in [1.82, 2.24) is 10.2 Å². The number of aliphatic imine (C=N–C) groups is 1. The lowest BCUT2D eigenvalue weighted by molar-refractivity contribution is 0.193. The van der Waals surface area contributed by atoms with E-state index in [1.807, 2.05) is 12.3 Å². The smallest absolute Gasteiger partial charge is 0.132 e. The minimum absolute atomic E-state index is 0.0644. The zero-order valence-corrected chi connectivity index (χ0v) is 14.0. The van der Waals surface area contributed by atoms with Crippen molar-refractivity contribution in [1.29, 1.82) is 0 Å². The summed E-state index contributed by atoms with van der Waals surface area (Å²) in [5.74, 6) is 0.238. The van der Waals surface area contributed by atoms with Crippen LogP contribution in [0.5, 0.6) is 0 Å². The Bertz CT molecular complexity index is 867. The molecular formula is C20H20FN3. The SMILES string of the molecule is CC1(C)C2CCC1(CC1C=N1)c1nnc(-c3ccccc3F)cc12. The van der Waals surface area contributed by atoms with Crippen LogP contribution in [0.1, 0.15) is 50.3 Å². The lowest BCUT2D eigenvalue weighted by Crippen LogP contribution is -2.37. The fraction of sp³-hybridized carbons (Fsp3) is 0.450. The molecule has 2 aliphatic carbocycles. The van der Waals surface area contributed by atoms with Crippen LogP contribution in [0, 0.1) is 11.2 Å². The Morgan fingerprint density at radius 2 is 2.00 bits per heavy atom. The summed E-state index contributed by atoms with van der Waals surface area (Å²) >= 11 is 0. The van der Waals surface area contributed by atoms with Gasteiger partial charge in [0.2, 0.25) is 0 Å². The molecule has 1 fully saturated rings. The highest BCUT2D eigenvalue weighted by Gasteiger charge is 2.63. The number of nitrogens with zero attached hydrogens (tertiary/aromatic N) is 3. The van der Waals surface area contributed by atoms with Gasteiger partial charge in [0, 0.05) is 17.2 Å². The number of halogens is 1. The summed E-state index contributed by atoms with van der Waals surface area (Å²) in [6.07, 6.45) is 5.41. The molecule has 1 aromatic carbocycles. The minimum Gasteiger partial charge on any atom is -0.286 e. The largest absolute Gasteiger partial charge is 0.286 e. The van der Waals surface area contributed by atoms with Crippen LogP contribution in [0.15, 0.2) is 35.3 Å². The molecule has 2 heterocycles. The molecule has 0 N–H and O–H groups in total. The second-order valence-electron chi connectivity index (χ2n) is 7.98. The van der Waals surface area contributed by atoms with Gasteiger partial charge in [0.05, 0.1) is 17.4 Å². The molecule has 0 amide bonds. The molecule has 24 heavy (non-hydrogen) atoms. The summed E-state index contributed by atoms with van der Waals surface area (Å²) in [6.45, 7) is 4.72. The second-order valence-corrected chi connectivity index (χ2v) is 7.98. The van der Waals surface area contributed by atoms with Crippen LogP contribution in [-0.2, 0) is 5.41 Å². The number of hydrogen-bond acceptors (Lipinski definition) is 3. The Labute approximate surface area is 141 Å². The molecule has 122 valence electrons. The van der Waals surface area contributed by atoms with E-state index >= 15 is 0 Å². The average molecular weight is 321 g/mol. The van der Waals surface area contributed by atoms with Gasteiger partial charge >= 0.3 is 0 Å². The molecule has 5 rings (SSSR count). The van der Waals surface area contributed by atoms with Crippen LogP contribution >= 0.6 is 0 Å². The molecule has 1 saturated carbocycles. The maximum Gasteiger partial charge on any atom is 0.132 e. The Morgan fingerprint density at radius 3 is 2.75 bits per heavy atom. The average Bonchev–Trinajstić information content (AvgIpc) is 3.31. The topological polar surface area (TPSA) is 38.1 Å². The molecule has 3 aliphatic rings. The van der Waals surface area contributed by atoms with Gasteiger partial charge in [0.15, 0.2) is 0 Å². The van der Waals surface area contributed by atoms with Gasteiger partial charge in [-0.15, -0.1) is 0 Å². The van der Waals surface area contributed by atoms with Gasteiger partial charge in [-0.3, -0.25) is 4.99 Å². The zero-order chi connectivity index (χ0) is 16.5. The van der Waals surface area contributed by atoms with Crippen molar-refractivity contribution < 1.29 is 4.39 Å². The Kier molecular flexibility index (Phi) is 2.67. The van der Waals surface area contributed by atoms with Gasteiger partial charge in [0.1, 0.15) is 5.82 Å². The molecule has 3 unspecified atom stereocenters. The monoisotopic (exact) mass is 321 g/mol. The van der Waals surface area contributed by atoms with Crippen molar-refractivity contribution in [2.45, 2.75) is 50.5 Å². The standard InChI is InChI=1S/C20H20FN3/c1-19(2)15-7-8-20(19,10-12-11-22-12)18-14(15)9-17(23-24-18)13-5-3-4-6-16(13)21/h3-6,9,11-12,15H,7-8,10H2,1-2H3. The quantitative estimate of drug-likeness (QED) is 0.846. The first-order chi connectivity index (χ1) is 11.5. The van der Waals surface area contributed by atoms with Crippen molar-refractivity contribution in [3.05, 3.63) is 47.4 Å². The highest BCUT2D eigenvalue weighted by Crippen LogP contribution is 2.69. The third kappa shape index (κ3) is 1.69. The molecule has 0 saturated heterocycles. The maximum absolute atomic E-state index is 14.1. The number of rotatable bonds is 3. The fourth-order valence-electron chi connectivity index (χ4n) is 5.20. The molecule has 4 heteroatoms. The van der Waals surface area contributed by atoms with E-state index in [-0.39, 0.29) is 16.6 Å². The van der Waals surface area contributed by atoms with E-state index in [1.165, 1.54) is 18.1 Å². The summed E-state index contributed by atoms with van der Waals surface area (Å²) in [5.41, 5.74) is 3.82. The molecule has 1 aliphatic heterocycles. The van der Waals surface area contributed by atoms with E-state index in [1.54, 1.807) is 12.1 Å². The van der Waals surface area contributed by atoms with Crippen molar-refractivity contribution in [2.75, 3.05) is 0 Å². The predicted molar refractivity (Wildman–Crippen MR) is 91.8 cm³/mol. The zero-order valence-electron chi connectivity index (χ0n) is 14.0. The predicted octanol–water partition coefficient (Wildman–Crippen LogP) is 4.28. The highest BCUT2D eigenvalue weighted by atomic mass is 19.1. The summed E-state index contributed by atoms with van der Waals surface area (Å²) in [7, 11) is 0. The molecule has 2 bridgehead atoms. The van der Waals surface area contributed by atoms with E-state index in [4.69, 9.17) is 0 Å². The first-order valence-corrected chi connectivity index (χ1v) is 8.69. The summed E-state index contributed by atoms with van der Waals surface area (Å²) in [4.78, 5) is 4.37. The maximum atomic E-state index is 14.1. The van der Waals surface area contributed by atoms with Crippen molar-refractivity contribution in [3.8, 4) is 11.3 Å². The summed E-state index contributed by atoms with van der Waals surface area (Å²) in [6, 6.07) is 9.26. The van der Waals surface area contributed by atoms with Crippen LogP contribution < -0.4 is 0 Å². The number of hydrogen-bond donors (Lipinski definition) is 0. The van der Waals surface area contributed by atoms with Crippen molar-refractivity contribution in [2.24, 2.45) is 10.4 Å². The molecule has 3 nitrogen and oxygen atoms in total. The van der Waals surface area contributed by atoms with E-state index in [9.17, 15) is 4.39 Å². The summed E-state index contributed by atoms with van der Waals surface area (Å²) in [5, 5.41) is 9.04. The first kappa shape index (κ1) is 14.3. The number of aromatic nitrogens is 2. The van der Waals surface area contributed by atoms with Crippen LogP contribution in [0.2, 0.25) is 0 Å². The van der Waals surface area contributed by atoms with Gasteiger partial charge in [-0.1, -0.05) is 26.0 Å². The van der Waals surface area contributed by atoms with Gasteiger partial charge in [-0.2, -0.15) is 10.2 Å². The van der Waals surface area contributed by atoms with Crippen LogP contribution in [0.25, 0.3) is 11.3 Å². The number of fused-ring (bicyclic) bond motifs is 5. The summed E-state index contributed by atoms with van der Waals surface area (Å²) < 4.78 is 14.1. The van der Waals surface area contributed by atoms with Crippen LogP contribution in [-0.4, -0.2) is 22.5 Å². The van der Waals surface area contributed by atoms with E-state index in [0.29, 0.717) is 23.2 Å². The van der Waals surface area contributed by atoms with Crippen LogP contribution in [0.4, 0.5) is 4.39 Å². The van der Waals surface area contributed by atoms with Gasteiger partial charge in [-0.25, -0.2) is 4.39 Å². The van der Waals surface area contributed by atoms with Gasteiger partial charge in [0.25, 0.3) is 0 Å². The minimum atomic E-state index is -0.240. The first-order valence-electron chi connectivity index (χ1n) is 8.69. The normalized spacial score (nSPS) is 31.3. The van der Waals surface area contributed by atoms with E-state index in [2.05, 4.69) is 35.1 Å². The van der Waals surface area contributed by atoms with Gasteiger partial charge in [-0.05, 0) is 54.4 Å². The lowest BCUT2D eigenvalue weighted by Gasteiger charge is -2.37. The molecule has 3 atom stereocenters. The third-order valence-electron chi connectivity index (χ3n) is 6.68. The molecule has 0 radical (unpaired) electrons.